The first-order valence-electron chi connectivity index (χ1n) is 9.56. The highest BCUT2D eigenvalue weighted by Gasteiger charge is 2.31. The number of benzene rings is 2. The lowest BCUT2D eigenvalue weighted by molar-refractivity contribution is 0.0670. The molecule has 1 amide bonds. The van der Waals surface area contributed by atoms with Crippen molar-refractivity contribution in [3.05, 3.63) is 66.1 Å². The third-order valence-electron chi connectivity index (χ3n) is 5.53. The quantitative estimate of drug-likeness (QED) is 0.681. The summed E-state index contributed by atoms with van der Waals surface area (Å²) in [4.78, 5) is 26.1. The van der Waals surface area contributed by atoms with E-state index < -0.39 is 0 Å². The number of hydrogen-bond donors (Lipinski definition) is 0. The second-order valence-electron chi connectivity index (χ2n) is 7.40. The number of aromatic nitrogens is 2. The zero-order valence-electron chi connectivity index (χ0n) is 16.0. The molecule has 6 heteroatoms. The summed E-state index contributed by atoms with van der Waals surface area (Å²) in [6.07, 6.45) is 1.66. The largest absolute Gasteiger partial charge is 0.339 e. The maximum absolute atomic E-state index is 13.4. The van der Waals surface area contributed by atoms with E-state index in [2.05, 4.69) is 28.7 Å². The Labute approximate surface area is 163 Å². The molecule has 4 rings (SSSR count). The maximum atomic E-state index is 13.4. The lowest BCUT2D eigenvalue weighted by atomic mass is 10.0. The third-order valence-corrected chi connectivity index (χ3v) is 5.53. The summed E-state index contributed by atoms with van der Waals surface area (Å²) in [5.74, 6) is 0.627. The second-order valence-corrected chi connectivity index (χ2v) is 7.40. The first-order valence-corrected chi connectivity index (χ1v) is 9.56. The number of nitrogens with zero attached hydrogens (tertiary/aromatic N) is 4. The number of halogens is 1. The molecule has 5 nitrogen and oxygen atoms in total. The van der Waals surface area contributed by atoms with Crippen molar-refractivity contribution in [2.45, 2.75) is 19.9 Å². The van der Waals surface area contributed by atoms with Crippen LogP contribution in [-0.4, -0.2) is 46.5 Å². The van der Waals surface area contributed by atoms with E-state index in [4.69, 9.17) is 0 Å². The molecule has 2 aromatic carbocycles. The first-order chi connectivity index (χ1) is 13.5. The molecule has 0 bridgehead atoms. The SMILES string of the molecule is CC1CN(c2ncc3cc(F)ccc3n2)CCN(C(=O)c2ccccc2)C1C. The zero-order chi connectivity index (χ0) is 19.7. The molecule has 144 valence electrons. The van der Waals surface area contributed by atoms with E-state index >= 15 is 0 Å². The fourth-order valence-electron chi connectivity index (χ4n) is 3.69. The number of fused-ring (bicyclic) bond motifs is 1. The van der Waals surface area contributed by atoms with Crippen LogP contribution >= 0.6 is 0 Å². The van der Waals surface area contributed by atoms with Crippen molar-refractivity contribution in [2.75, 3.05) is 24.5 Å². The van der Waals surface area contributed by atoms with E-state index in [-0.39, 0.29) is 23.7 Å². The molecular formula is C22H23FN4O. The van der Waals surface area contributed by atoms with Crippen molar-refractivity contribution in [2.24, 2.45) is 5.92 Å². The highest BCUT2D eigenvalue weighted by molar-refractivity contribution is 5.94. The van der Waals surface area contributed by atoms with Crippen molar-refractivity contribution in [1.29, 1.82) is 0 Å². The van der Waals surface area contributed by atoms with Crippen molar-refractivity contribution >= 4 is 22.8 Å². The van der Waals surface area contributed by atoms with Gasteiger partial charge in [-0.3, -0.25) is 4.79 Å². The Balaban J connectivity index is 1.58. The summed E-state index contributed by atoms with van der Waals surface area (Å²) in [6.45, 7) is 6.25. The Morgan fingerprint density at radius 1 is 1.11 bits per heavy atom. The van der Waals surface area contributed by atoms with Gasteiger partial charge < -0.3 is 9.80 Å². The number of anilines is 1. The van der Waals surface area contributed by atoms with Gasteiger partial charge in [0, 0.05) is 42.8 Å². The second kappa shape index (κ2) is 7.54. The molecule has 0 N–H and O–H groups in total. The molecule has 1 saturated heterocycles. The average Bonchev–Trinajstić information content (AvgIpc) is 2.86. The monoisotopic (exact) mass is 378 g/mol. The van der Waals surface area contributed by atoms with Crippen LogP contribution in [0.25, 0.3) is 10.9 Å². The lowest BCUT2D eigenvalue weighted by Gasteiger charge is -2.30. The molecule has 2 unspecified atom stereocenters. The molecule has 28 heavy (non-hydrogen) atoms. The maximum Gasteiger partial charge on any atom is 0.254 e. The van der Waals surface area contributed by atoms with Gasteiger partial charge in [-0.05, 0) is 43.2 Å². The van der Waals surface area contributed by atoms with Crippen LogP contribution in [0.3, 0.4) is 0 Å². The Kier molecular flexibility index (Phi) is 4.94. The molecule has 1 aromatic heterocycles. The van der Waals surface area contributed by atoms with Crippen LogP contribution in [0.1, 0.15) is 24.2 Å². The predicted octanol–water partition coefficient (Wildman–Crippen LogP) is 3.76. The van der Waals surface area contributed by atoms with Gasteiger partial charge in [-0.2, -0.15) is 0 Å². The van der Waals surface area contributed by atoms with Crippen LogP contribution < -0.4 is 4.90 Å². The van der Waals surface area contributed by atoms with Crippen molar-refractivity contribution in [3.8, 4) is 0 Å². The Morgan fingerprint density at radius 3 is 2.68 bits per heavy atom. The average molecular weight is 378 g/mol. The number of amides is 1. The Hall–Kier alpha value is -3.02. The molecule has 0 aliphatic carbocycles. The van der Waals surface area contributed by atoms with Crippen molar-refractivity contribution < 1.29 is 9.18 Å². The standard InChI is InChI=1S/C22H23FN4O/c1-15-14-26(22-24-13-18-12-19(23)8-9-20(18)25-22)10-11-27(16(15)2)21(28)17-6-4-3-5-7-17/h3-9,12-13,15-16H,10-11,14H2,1-2H3. The van der Waals surface area contributed by atoms with E-state index in [1.54, 1.807) is 12.3 Å². The van der Waals surface area contributed by atoms with Crippen molar-refractivity contribution in [1.82, 2.24) is 14.9 Å². The van der Waals surface area contributed by atoms with E-state index in [1.807, 2.05) is 35.2 Å². The fraction of sp³-hybridized carbons (Fsp3) is 0.318. The molecule has 0 spiro atoms. The van der Waals surface area contributed by atoms with Gasteiger partial charge in [0.1, 0.15) is 5.82 Å². The molecule has 0 radical (unpaired) electrons. The minimum Gasteiger partial charge on any atom is -0.339 e. The smallest absolute Gasteiger partial charge is 0.254 e. The van der Waals surface area contributed by atoms with Crippen LogP contribution in [0.2, 0.25) is 0 Å². The molecule has 2 atom stereocenters. The lowest BCUT2D eigenvalue weighted by Crippen LogP contribution is -2.42. The van der Waals surface area contributed by atoms with Gasteiger partial charge in [0.15, 0.2) is 0 Å². The van der Waals surface area contributed by atoms with Crippen LogP contribution in [0.5, 0.6) is 0 Å². The molecule has 1 fully saturated rings. The number of carbonyl (C=O) groups is 1. The minimum absolute atomic E-state index is 0.0525. The van der Waals surface area contributed by atoms with E-state index in [9.17, 15) is 9.18 Å². The van der Waals surface area contributed by atoms with Gasteiger partial charge in [-0.1, -0.05) is 25.1 Å². The van der Waals surface area contributed by atoms with Gasteiger partial charge in [-0.25, -0.2) is 14.4 Å². The van der Waals surface area contributed by atoms with Crippen LogP contribution in [-0.2, 0) is 0 Å². The number of carbonyl (C=O) groups excluding carboxylic acids is 1. The molecule has 1 aliphatic heterocycles. The summed E-state index contributed by atoms with van der Waals surface area (Å²) in [6, 6.07) is 14.0. The van der Waals surface area contributed by atoms with Gasteiger partial charge in [-0.15, -0.1) is 0 Å². The normalized spacial score (nSPS) is 20.2. The highest BCUT2D eigenvalue weighted by atomic mass is 19.1. The number of rotatable bonds is 2. The van der Waals surface area contributed by atoms with Crippen LogP contribution in [0.15, 0.2) is 54.7 Å². The summed E-state index contributed by atoms with van der Waals surface area (Å²) < 4.78 is 13.4. The minimum atomic E-state index is -0.295. The van der Waals surface area contributed by atoms with E-state index in [0.717, 1.165) is 6.54 Å². The molecule has 0 saturated carbocycles. The Bertz CT molecular complexity index is 994. The zero-order valence-corrected chi connectivity index (χ0v) is 16.0. The first kappa shape index (κ1) is 18.3. The molecular weight excluding hydrogens is 355 g/mol. The predicted molar refractivity (Wildman–Crippen MR) is 108 cm³/mol. The van der Waals surface area contributed by atoms with Crippen LogP contribution in [0, 0.1) is 11.7 Å². The van der Waals surface area contributed by atoms with Gasteiger partial charge in [0.25, 0.3) is 5.91 Å². The molecule has 2 heterocycles. The highest BCUT2D eigenvalue weighted by Crippen LogP contribution is 2.23. The number of hydrogen-bond acceptors (Lipinski definition) is 4. The Morgan fingerprint density at radius 2 is 1.89 bits per heavy atom. The van der Waals surface area contributed by atoms with E-state index in [1.165, 1.54) is 12.1 Å². The molecule has 1 aliphatic rings. The summed E-state index contributed by atoms with van der Waals surface area (Å²) >= 11 is 0. The third kappa shape index (κ3) is 3.54. The summed E-state index contributed by atoms with van der Waals surface area (Å²) in [5.41, 5.74) is 1.42. The fourth-order valence-corrected chi connectivity index (χ4v) is 3.69. The van der Waals surface area contributed by atoms with Crippen LogP contribution in [0.4, 0.5) is 10.3 Å². The van der Waals surface area contributed by atoms with Gasteiger partial charge in [0.2, 0.25) is 5.95 Å². The van der Waals surface area contributed by atoms with Gasteiger partial charge >= 0.3 is 0 Å². The summed E-state index contributed by atoms with van der Waals surface area (Å²) in [5, 5.41) is 0.681. The van der Waals surface area contributed by atoms with E-state index in [0.29, 0.717) is 35.5 Å². The van der Waals surface area contributed by atoms with Gasteiger partial charge in [0.05, 0.1) is 5.52 Å². The van der Waals surface area contributed by atoms with Crippen molar-refractivity contribution in [3.63, 3.8) is 0 Å². The topological polar surface area (TPSA) is 49.3 Å². The summed E-state index contributed by atoms with van der Waals surface area (Å²) in [7, 11) is 0. The molecule has 3 aromatic rings.